The van der Waals surface area contributed by atoms with Crippen molar-refractivity contribution in [3.8, 4) is 11.8 Å². The van der Waals surface area contributed by atoms with Crippen molar-refractivity contribution in [2.45, 2.75) is 11.1 Å². The largest absolute Gasteiger partial charge is 0.416 e. The summed E-state index contributed by atoms with van der Waals surface area (Å²) >= 11 is 0. The molecular formula is C22H15F3N2O3S. The molecule has 9 heteroatoms. The number of hydrogen-bond donors (Lipinski definition) is 2. The summed E-state index contributed by atoms with van der Waals surface area (Å²) in [5.74, 6) is 4.87. The summed E-state index contributed by atoms with van der Waals surface area (Å²) in [5, 5.41) is 7.68. The summed E-state index contributed by atoms with van der Waals surface area (Å²) in [5.41, 5.74) is 0.0359. The molecule has 0 fully saturated rings. The molecule has 31 heavy (non-hydrogen) atoms. The van der Waals surface area contributed by atoms with Crippen LogP contribution in [0.5, 0.6) is 0 Å². The number of sulfonamides is 1. The van der Waals surface area contributed by atoms with Crippen LogP contribution in [0.1, 0.15) is 27.0 Å². The van der Waals surface area contributed by atoms with Crippen LogP contribution < -0.4 is 10.5 Å². The van der Waals surface area contributed by atoms with Crippen LogP contribution in [0.25, 0.3) is 0 Å². The van der Waals surface area contributed by atoms with Gasteiger partial charge in [0.15, 0.2) is 0 Å². The Balaban J connectivity index is 1.89. The third kappa shape index (κ3) is 5.51. The maximum Gasteiger partial charge on any atom is 0.416 e. The van der Waals surface area contributed by atoms with E-state index >= 15 is 0 Å². The molecule has 0 saturated carbocycles. The number of rotatable bonds is 3. The third-order valence-corrected chi connectivity index (χ3v) is 5.14. The Morgan fingerprint density at radius 2 is 1.48 bits per heavy atom. The smallest absolute Gasteiger partial charge is 0.321 e. The minimum atomic E-state index is -4.44. The molecule has 0 radical (unpaired) electrons. The van der Waals surface area contributed by atoms with Crippen LogP contribution >= 0.6 is 0 Å². The molecule has 0 atom stereocenters. The zero-order chi connectivity index (χ0) is 22.6. The number of carbonyl (C=O) groups is 1. The van der Waals surface area contributed by atoms with Gasteiger partial charge in [0.1, 0.15) is 4.90 Å². The number of para-hydroxylation sites is 1. The normalized spacial score (nSPS) is 11.4. The Kier molecular flexibility index (Phi) is 6.15. The van der Waals surface area contributed by atoms with Crippen LogP contribution in [0.15, 0.2) is 77.7 Å². The minimum absolute atomic E-state index is 0.0144. The predicted molar refractivity (Wildman–Crippen MR) is 110 cm³/mol. The Morgan fingerprint density at radius 3 is 2.13 bits per heavy atom. The average Bonchev–Trinajstić information content (AvgIpc) is 2.71. The van der Waals surface area contributed by atoms with E-state index < -0.39 is 27.7 Å². The van der Waals surface area contributed by atoms with Gasteiger partial charge in [0.25, 0.3) is 5.91 Å². The molecule has 1 amide bonds. The van der Waals surface area contributed by atoms with Crippen LogP contribution in [-0.4, -0.2) is 14.3 Å². The topological polar surface area (TPSA) is 89.3 Å². The summed E-state index contributed by atoms with van der Waals surface area (Å²) in [6.07, 6.45) is -4.44. The number of nitrogens with one attached hydrogen (secondary N) is 1. The van der Waals surface area contributed by atoms with Gasteiger partial charge in [-0.2, -0.15) is 13.2 Å². The van der Waals surface area contributed by atoms with Crippen LogP contribution in [0.2, 0.25) is 0 Å². The first-order valence-electron chi connectivity index (χ1n) is 8.77. The second kappa shape index (κ2) is 8.63. The highest BCUT2D eigenvalue weighted by Gasteiger charge is 2.29. The number of alkyl halides is 3. The third-order valence-electron chi connectivity index (χ3n) is 4.17. The molecule has 0 heterocycles. The Hall–Kier alpha value is -3.61. The summed E-state index contributed by atoms with van der Waals surface area (Å²) in [7, 11) is -4.05. The zero-order valence-corrected chi connectivity index (χ0v) is 16.6. The van der Waals surface area contributed by atoms with Gasteiger partial charge < -0.3 is 5.32 Å². The van der Waals surface area contributed by atoms with Crippen LogP contribution in [0.4, 0.5) is 18.9 Å². The molecule has 0 bridgehead atoms. The first kappa shape index (κ1) is 22.1. The van der Waals surface area contributed by atoms with Crippen LogP contribution in [0.3, 0.4) is 0 Å². The van der Waals surface area contributed by atoms with Crippen molar-refractivity contribution in [2.24, 2.45) is 5.14 Å². The second-order valence-electron chi connectivity index (χ2n) is 6.37. The highest BCUT2D eigenvalue weighted by molar-refractivity contribution is 7.89. The van der Waals surface area contributed by atoms with Gasteiger partial charge in [-0.05, 0) is 48.5 Å². The van der Waals surface area contributed by atoms with Crippen molar-refractivity contribution >= 4 is 21.6 Å². The molecule has 3 aromatic carbocycles. The summed E-state index contributed by atoms with van der Waals surface area (Å²) < 4.78 is 61.4. The van der Waals surface area contributed by atoms with Gasteiger partial charge in [0, 0.05) is 11.1 Å². The van der Waals surface area contributed by atoms with Crippen molar-refractivity contribution < 1.29 is 26.4 Å². The van der Waals surface area contributed by atoms with Crippen molar-refractivity contribution in [1.82, 2.24) is 0 Å². The fourth-order valence-electron chi connectivity index (χ4n) is 2.68. The summed E-state index contributed by atoms with van der Waals surface area (Å²) in [4.78, 5) is 12.5. The van der Waals surface area contributed by atoms with Gasteiger partial charge in [0.05, 0.1) is 16.8 Å². The zero-order valence-electron chi connectivity index (χ0n) is 15.8. The van der Waals surface area contributed by atoms with E-state index in [2.05, 4.69) is 17.2 Å². The van der Waals surface area contributed by atoms with Crippen molar-refractivity contribution in [1.29, 1.82) is 0 Å². The molecule has 0 aliphatic carbocycles. The first-order chi connectivity index (χ1) is 14.6. The maximum absolute atomic E-state index is 12.7. The molecule has 0 spiro atoms. The second-order valence-corrected chi connectivity index (χ2v) is 7.90. The van der Waals surface area contributed by atoms with Gasteiger partial charge in [-0.15, -0.1) is 0 Å². The molecule has 3 rings (SSSR count). The Morgan fingerprint density at radius 1 is 0.871 bits per heavy atom. The lowest BCUT2D eigenvalue weighted by Crippen LogP contribution is -2.19. The van der Waals surface area contributed by atoms with Crippen molar-refractivity contribution in [3.63, 3.8) is 0 Å². The highest BCUT2D eigenvalue weighted by atomic mass is 32.2. The first-order valence-corrected chi connectivity index (χ1v) is 10.3. The Bertz CT molecular complexity index is 1290. The molecule has 0 unspecified atom stereocenters. The molecule has 3 N–H and O–H groups in total. The van der Waals surface area contributed by atoms with Crippen molar-refractivity contribution in [3.05, 3.63) is 95.1 Å². The molecule has 0 aliphatic rings. The van der Waals surface area contributed by atoms with E-state index in [0.29, 0.717) is 11.1 Å². The van der Waals surface area contributed by atoms with E-state index in [1.165, 1.54) is 36.4 Å². The lowest BCUT2D eigenvalue weighted by Gasteiger charge is -2.10. The van der Waals surface area contributed by atoms with E-state index in [4.69, 9.17) is 5.14 Å². The summed E-state index contributed by atoms with van der Waals surface area (Å²) in [6, 6.07) is 16.3. The lowest BCUT2D eigenvalue weighted by atomic mass is 10.1. The van der Waals surface area contributed by atoms with Gasteiger partial charge >= 0.3 is 6.18 Å². The molecule has 3 aromatic rings. The van der Waals surface area contributed by atoms with E-state index in [-0.39, 0.29) is 16.1 Å². The SMILES string of the molecule is NS(=O)(=O)c1ccccc1NC(=O)c1ccccc1C#Cc1ccc(C(F)(F)F)cc1. The van der Waals surface area contributed by atoms with E-state index in [9.17, 15) is 26.4 Å². The number of primary sulfonamides is 1. The van der Waals surface area contributed by atoms with Crippen LogP contribution in [0, 0.1) is 11.8 Å². The standard InChI is InChI=1S/C22H15F3N2O3S/c23-22(24,25)17-13-10-15(11-14-17)9-12-16-5-1-2-6-18(16)21(28)27-19-7-3-4-8-20(19)31(26,29)30/h1-8,10-11,13-14H,(H,27,28)(H2,26,29,30). The van der Waals surface area contributed by atoms with E-state index in [1.54, 1.807) is 24.3 Å². The minimum Gasteiger partial charge on any atom is -0.321 e. The molecule has 158 valence electrons. The fourth-order valence-corrected chi connectivity index (χ4v) is 3.37. The molecule has 0 saturated heterocycles. The number of hydrogen-bond acceptors (Lipinski definition) is 3. The maximum atomic E-state index is 12.7. The van der Waals surface area contributed by atoms with Gasteiger partial charge in [-0.25, -0.2) is 13.6 Å². The monoisotopic (exact) mass is 444 g/mol. The molecule has 0 aromatic heterocycles. The number of benzene rings is 3. The fraction of sp³-hybridized carbons (Fsp3) is 0.0455. The molecule has 5 nitrogen and oxygen atoms in total. The summed E-state index contributed by atoms with van der Waals surface area (Å²) in [6.45, 7) is 0. The van der Waals surface area contributed by atoms with Crippen LogP contribution in [-0.2, 0) is 16.2 Å². The number of halogens is 3. The van der Waals surface area contributed by atoms with Gasteiger partial charge in [-0.1, -0.05) is 36.1 Å². The number of nitrogens with two attached hydrogens (primary N) is 1. The molecular weight excluding hydrogens is 429 g/mol. The lowest BCUT2D eigenvalue weighted by molar-refractivity contribution is -0.137. The van der Waals surface area contributed by atoms with Crippen molar-refractivity contribution in [2.75, 3.05) is 5.32 Å². The van der Waals surface area contributed by atoms with E-state index in [1.807, 2.05) is 0 Å². The number of amides is 1. The van der Waals surface area contributed by atoms with Gasteiger partial charge in [0.2, 0.25) is 10.0 Å². The highest BCUT2D eigenvalue weighted by Crippen LogP contribution is 2.29. The number of carbonyl (C=O) groups excluding carboxylic acids is 1. The molecule has 0 aliphatic heterocycles. The van der Waals surface area contributed by atoms with E-state index in [0.717, 1.165) is 12.1 Å². The van der Waals surface area contributed by atoms with Gasteiger partial charge in [-0.3, -0.25) is 4.79 Å². The predicted octanol–water partition coefficient (Wildman–Crippen LogP) is 4.00. The Labute approximate surface area is 176 Å². The number of anilines is 1. The average molecular weight is 444 g/mol. The quantitative estimate of drug-likeness (QED) is 0.599.